The van der Waals surface area contributed by atoms with Gasteiger partial charge >= 0.3 is 12.0 Å². The van der Waals surface area contributed by atoms with E-state index in [1.54, 1.807) is 11.1 Å². The minimum absolute atomic E-state index is 0.194. The average molecular weight is 294 g/mol. The molecule has 2 rings (SSSR count). The number of nitrogens with one attached hydrogen (secondary N) is 1. The van der Waals surface area contributed by atoms with Crippen LogP contribution in [-0.4, -0.2) is 51.2 Å². The molecule has 0 radical (unpaired) electrons. The van der Waals surface area contributed by atoms with Gasteiger partial charge in [-0.1, -0.05) is 6.92 Å². The maximum atomic E-state index is 12.1. The van der Waals surface area contributed by atoms with Gasteiger partial charge in [0.15, 0.2) is 0 Å². The normalized spacial score (nSPS) is 21.5. The van der Waals surface area contributed by atoms with E-state index in [0.29, 0.717) is 32.4 Å². The van der Waals surface area contributed by atoms with Crippen LogP contribution in [0.1, 0.15) is 25.6 Å². The highest BCUT2D eigenvalue weighted by Gasteiger charge is 2.44. The van der Waals surface area contributed by atoms with Crippen molar-refractivity contribution >= 4 is 12.0 Å². The summed E-state index contributed by atoms with van der Waals surface area (Å²) in [5, 5.41) is 12.2. The van der Waals surface area contributed by atoms with Crippen LogP contribution in [0.5, 0.6) is 0 Å². The molecular formula is C14H22N4O3. The van der Waals surface area contributed by atoms with Crippen molar-refractivity contribution in [2.45, 2.75) is 26.2 Å². The lowest BCUT2D eigenvalue weighted by Gasteiger charge is -2.23. The van der Waals surface area contributed by atoms with Gasteiger partial charge in [0, 0.05) is 45.5 Å². The predicted molar refractivity (Wildman–Crippen MR) is 76.9 cm³/mol. The summed E-state index contributed by atoms with van der Waals surface area (Å²) in [7, 11) is 1.91. The summed E-state index contributed by atoms with van der Waals surface area (Å²) < 4.78 is 1.91. The number of likely N-dealkylation sites (tertiary alicyclic amines) is 1. The van der Waals surface area contributed by atoms with E-state index in [1.807, 2.05) is 24.7 Å². The van der Waals surface area contributed by atoms with E-state index >= 15 is 0 Å². The molecule has 0 spiro atoms. The summed E-state index contributed by atoms with van der Waals surface area (Å²) in [6.07, 6.45) is 5.30. The standard InChI is InChI=1S/C14H22N4O3/c1-3-14(12(19)20)5-8-18(10-14)13(21)16-6-4-11-15-7-9-17(11)2/h7,9H,3-6,8,10H2,1-2H3,(H,16,21)(H,19,20). The Bertz CT molecular complexity index is 528. The van der Waals surface area contributed by atoms with E-state index in [-0.39, 0.29) is 12.6 Å². The molecule has 1 aromatic heterocycles. The molecule has 1 saturated heterocycles. The molecule has 0 aromatic carbocycles. The van der Waals surface area contributed by atoms with Crippen LogP contribution in [0.15, 0.2) is 12.4 Å². The molecule has 0 saturated carbocycles. The summed E-state index contributed by atoms with van der Waals surface area (Å²) in [6.45, 7) is 3.13. The second kappa shape index (κ2) is 6.15. The minimum Gasteiger partial charge on any atom is -0.481 e. The Hall–Kier alpha value is -2.05. The average Bonchev–Trinajstić information content (AvgIpc) is 3.06. The van der Waals surface area contributed by atoms with Crippen molar-refractivity contribution in [1.29, 1.82) is 0 Å². The number of imidazole rings is 1. The largest absolute Gasteiger partial charge is 0.481 e. The Balaban J connectivity index is 1.82. The van der Waals surface area contributed by atoms with E-state index in [1.165, 1.54) is 0 Å². The van der Waals surface area contributed by atoms with E-state index < -0.39 is 11.4 Å². The van der Waals surface area contributed by atoms with Crippen molar-refractivity contribution < 1.29 is 14.7 Å². The van der Waals surface area contributed by atoms with E-state index in [4.69, 9.17) is 0 Å². The molecule has 1 aliphatic heterocycles. The Kier molecular flexibility index (Phi) is 4.50. The number of hydrogen-bond donors (Lipinski definition) is 2. The summed E-state index contributed by atoms with van der Waals surface area (Å²) in [6, 6.07) is -0.194. The number of amides is 2. The fourth-order valence-electron chi connectivity index (χ4n) is 2.69. The maximum Gasteiger partial charge on any atom is 0.317 e. The quantitative estimate of drug-likeness (QED) is 0.843. The fourth-order valence-corrected chi connectivity index (χ4v) is 2.69. The first-order valence-electron chi connectivity index (χ1n) is 7.21. The van der Waals surface area contributed by atoms with Crippen molar-refractivity contribution in [2.24, 2.45) is 12.5 Å². The fraction of sp³-hybridized carbons (Fsp3) is 0.643. The van der Waals surface area contributed by atoms with Gasteiger partial charge in [0.2, 0.25) is 0 Å². The number of hydrogen-bond acceptors (Lipinski definition) is 3. The van der Waals surface area contributed by atoms with Crippen LogP contribution in [0.25, 0.3) is 0 Å². The van der Waals surface area contributed by atoms with Gasteiger partial charge in [0.25, 0.3) is 0 Å². The summed E-state index contributed by atoms with van der Waals surface area (Å²) >= 11 is 0. The van der Waals surface area contributed by atoms with Gasteiger partial charge in [-0.25, -0.2) is 9.78 Å². The lowest BCUT2D eigenvalue weighted by atomic mass is 9.84. The van der Waals surface area contributed by atoms with Crippen LogP contribution >= 0.6 is 0 Å². The van der Waals surface area contributed by atoms with Gasteiger partial charge in [-0.3, -0.25) is 4.79 Å². The number of aliphatic carboxylic acids is 1. The molecule has 0 aliphatic carbocycles. The zero-order valence-corrected chi connectivity index (χ0v) is 12.5. The van der Waals surface area contributed by atoms with Crippen molar-refractivity contribution in [2.75, 3.05) is 19.6 Å². The third-order valence-corrected chi connectivity index (χ3v) is 4.32. The van der Waals surface area contributed by atoms with E-state index in [2.05, 4.69) is 10.3 Å². The van der Waals surface area contributed by atoms with Gasteiger partial charge < -0.3 is 19.9 Å². The summed E-state index contributed by atoms with van der Waals surface area (Å²) in [5.74, 6) is 0.0958. The number of carboxylic acid groups (broad SMARTS) is 1. The smallest absolute Gasteiger partial charge is 0.317 e. The number of carbonyl (C=O) groups is 2. The molecule has 21 heavy (non-hydrogen) atoms. The molecule has 2 heterocycles. The molecule has 7 nitrogen and oxygen atoms in total. The number of carboxylic acids is 1. The number of aromatic nitrogens is 2. The molecule has 7 heteroatoms. The highest BCUT2D eigenvalue weighted by atomic mass is 16.4. The van der Waals surface area contributed by atoms with Crippen LogP contribution in [0.2, 0.25) is 0 Å². The Morgan fingerprint density at radius 2 is 2.29 bits per heavy atom. The number of nitrogens with zero attached hydrogens (tertiary/aromatic N) is 3. The molecule has 2 amide bonds. The third-order valence-electron chi connectivity index (χ3n) is 4.32. The second-order valence-corrected chi connectivity index (χ2v) is 5.55. The predicted octanol–water partition coefficient (Wildman–Crippen LogP) is 0.859. The lowest BCUT2D eigenvalue weighted by Crippen LogP contribution is -2.42. The first-order valence-corrected chi connectivity index (χ1v) is 7.21. The minimum atomic E-state index is -0.812. The topological polar surface area (TPSA) is 87.5 Å². The SMILES string of the molecule is CCC1(C(=O)O)CCN(C(=O)NCCc2nccn2C)C1. The van der Waals surface area contributed by atoms with Crippen molar-refractivity contribution in [3.63, 3.8) is 0 Å². The number of rotatable bonds is 5. The van der Waals surface area contributed by atoms with Crippen molar-refractivity contribution in [3.8, 4) is 0 Å². The van der Waals surface area contributed by atoms with Crippen LogP contribution in [-0.2, 0) is 18.3 Å². The number of aryl methyl sites for hydroxylation is 1. The first kappa shape index (κ1) is 15.3. The van der Waals surface area contributed by atoms with E-state index in [9.17, 15) is 14.7 Å². The molecule has 2 N–H and O–H groups in total. The Morgan fingerprint density at radius 3 is 2.81 bits per heavy atom. The summed E-state index contributed by atoms with van der Waals surface area (Å²) in [5.41, 5.74) is -0.781. The monoisotopic (exact) mass is 294 g/mol. The molecule has 116 valence electrons. The van der Waals surface area contributed by atoms with E-state index in [0.717, 1.165) is 5.82 Å². The highest BCUT2D eigenvalue weighted by Crippen LogP contribution is 2.34. The second-order valence-electron chi connectivity index (χ2n) is 5.55. The molecule has 1 aromatic rings. The Morgan fingerprint density at radius 1 is 1.52 bits per heavy atom. The van der Waals surface area contributed by atoms with Crippen LogP contribution in [0.4, 0.5) is 4.79 Å². The van der Waals surface area contributed by atoms with Crippen LogP contribution in [0.3, 0.4) is 0 Å². The Labute approximate surface area is 124 Å². The van der Waals surface area contributed by atoms with Gasteiger partial charge in [-0.2, -0.15) is 0 Å². The third kappa shape index (κ3) is 3.17. The molecule has 1 fully saturated rings. The highest BCUT2D eigenvalue weighted by molar-refractivity contribution is 5.79. The van der Waals surface area contributed by atoms with Crippen molar-refractivity contribution in [3.05, 3.63) is 18.2 Å². The maximum absolute atomic E-state index is 12.1. The number of carbonyl (C=O) groups excluding carboxylic acids is 1. The first-order chi connectivity index (χ1) is 9.98. The van der Waals surface area contributed by atoms with Crippen LogP contribution in [0, 0.1) is 5.41 Å². The summed E-state index contributed by atoms with van der Waals surface area (Å²) in [4.78, 5) is 29.2. The van der Waals surface area contributed by atoms with Crippen LogP contribution < -0.4 is 5.32 Å². The van der Waals surface area contributed by atoms with Gasteiger partial charge in [0.05, 0.1) is 5.41 Å². The van der Waals surface area contributed by atoms with Gasteiger partial charge in [0.1, 0.15) is 5.82 Å². The molecular weight excluding hydrogens is 272 g/mol. The molecule has 1 unspecified atom stereocenters. The zero-order valence-electron chi connectivity index (χ0n) is 12.5. The number of urea groups is 1. The van der Waals surface area contributed by atoms with Gasteiger partial charge in [-0.05, 0) is 12.8 Å². The van der Waals surface area contributed by atoms with Gasteiger partial charge in [-0.15, -0.1) is 0 Å². The zero-order chi connectivity index (χ0) is 15.5. The molecule has 0 bridgehead atoms. The van der Waals surface area contributed by atoms with Crippen molar-refractivity contribution in [1.82, 2.24) is 19.8 Å². The molecule has 1 aliphatic rings. The lowest BCUT2D eigenvalue weighted by molar-refractivity contribution is -0.148. The molecule has 1 atom stereocenters.